The van der Waals surface area contributed by atoms with Gasteiger partial charge in [0.1, 0.15) is 6.54 Å². The molecule has 0 spiro atoms. The molecule has 0 aliphatic carbocycles. The average Bonchev–Trinajstić information content (AvgIpc) is 2.85. The Balaban J connectivity index is 1.94. The van der Waals surface area contributed by atoms with E-state index in [1.54, 1.807) is 0 Å². The second kappa shape index (κ2) is 4.94. The zero-order valence-electron chi connectivity index (χ0n) is 11.4. The van der Waals surface area contributed by atoms with E-state index in [1.807, 2.05) is 30.1 Å². The van der Waals surface area contributed by atoms with Gasteiger partial charge in [0.2, 0.25) is 0 Å². The Labute approximate surface area is 107 Å². The molecule has 18 heavy (non-hydrogen) atoms. The smallest absolute Gasteiger partial charge is 0.158 e. The molecule has 0 unspecified atom stereocenters. The summed E-state index contributed by atoms with van der Waals surface area (Å²) in [6, 6.07) is 1.97. The van der Waals surface area contributed by atoms with Gasteiger partial charge in [-0.15, -0.1) is 0 Å². The molecule has 0 aliphatic heterocycles. The lowest BCUT2D eigenvalue weighted by Crippen LogP contribution is -2.35. The van der Waals surface area contributed by atoms with Gasteiger partial charge in [0.05, 0.1) is 11.9 Å². The van der Waals surface area contributed by atoms with E-state index < -0.39 is 0 Å². The van der Waals surface area contributed by atoms with E-state index in [0.717, 1.165) is 17.0 Å². The zero-order chi connectivity index (χ0) is 13.2. The molecule has 0 aromatic carbocycles. The molecule has 0 amide bonds. The molecular formula is C13H20N4O. The lowest BCUT2D eigenvalue weighted by atomic mass is 10.1. The summed E-state index contributed by atoms with van der Waals surface area (Å²) in [7, 11) is 0. The molecule has 1 N–H and O–H groups in total. The van der Waals surface area contributed by atoms with Crippen LogP contribution >= 0.6 is 0 Å². The summed E-state index contributed by atoms with van der Waals surface area (Å²) in [6.45, 7) is 9.73. The number of aryl methyl sites for hydroxylation is 1. The molecule has 0 atom stereocenters. The van der Waals surface area contributed by atoms with Crippen LogP contribution in [-0.2, 0) is 13.1 Å². The molecule has 0 bridgehead atoms. The first-order valence-electron chi connectivity index (χ1n) is 6.11. The highest BCUT2D eigenvalue weighted by molar-refractivity contribution is 5.07. The Kier molecular flexibility index (Phi) is 3.52. The Bertz CT molecular complexity index is 507. The van der Waals surface area contributed by atoms with Gasteiger partial charge >= 0.3 is 0 Å². The molecule has 98 valence electrons. The van der Waals surface area contributed by atoms with Crippen molar-refractivity contribution < 1.29 is 4.52 Å². The molecule has 0 aliphatic rings. The van der Waals surface area contributed by atoms with Gasteiger partial charge in [-0.3, -0.25) is 4.68 Å². The van der Waals surface area contributed by atoms with Gasteiger partial charge in [0, 0.05) is 24.3 Å². The maximum atomic E-state index is 5.29. The maximum Gasteiger partial charge on any atom is 0.158 e. The maximum absolute atomic E-state index is 5.29. The van der Waals surface area contributed by atoms with Gasteiger partial charge in [-0.1, -0.05) is 5.16 Å². The van der Waals surface area contributed by atoms with E-state index in [0.29, 0.717) is 13.1 Å². The zero-order valence-corrected chi connectivity index (χ0v) is 11.4. The third-order valence-corrected chi connectivity index (χ3v) is 2.49. The van der Waals surface area contributed by atoms with Crippen LogP contribution in [0.25, 0.3) is 0 Å². The molecule has 2 aromatic heterocycles. The highest BCUT2D eigenvalue weighted by Gasteiger charge is 2.11. The molecular weight excluding hydrogens is 228 g/mol. The number of hydrogen-bond acceptors (Lipinski definition) is 4. The van der Waals surface area contributed by atoms with E-state index in [9.17, 15) is 0 Å². The fraction of sp³-hybridized carbons (Fsp3) is 0.538. The standard InChI is InChI=1S/C13H20N4O/c1-10-6-15-17(8-10)9-12-5-11(16-18-12)7-14-13(2,3)4/h5-6,8,14H,7,9H2,1-4H3. The first-order chi connectivity index (χ1) is 8.42. The number of nitrogens with one attached hydrogen (secondary N) is 1. The SMILES string of the molecule is Cc1cnn(Cc2cc(CNC(C)(C)C)no2)c1. The topological polar surface area (TPSA) is 55.9 Å². The second-order valence-corrected chi connectivity index (χ2v) is 5.60. The highest BCUT2D eigenvalue weighted by atomic mass is 16.5. The van der Waals surface area contributed by atoms with Gasteiger partial charge in [0.15, 0.2) is 5.76 Å². The number of nitrogens with zero attached hydrogens (tertiary/aromatic N) is 3. The lowest BCUT2D eigenvalue weighted by Gasteiger charge is -2.19. The van der Waals surface area contributed by atoms with Crippen molar-refractivity contribution in [3.63, 3.8) is 0 Å². The van der Waals surface area contributed by atoms with Crippen molar-refractivity contribution in [3.05, 3.63) is 35.5 Å². The Morgan fingerprint density at radius 1 is 1.39 bits per heavy atom. The van der Waals surface area contributed by atoms with Crippen molar-refractivity contribution in [2.75, 3.05) is 0 Å². The molecule has 0 saturated heterocycles. The van der Waals surface area contributed by atoms with Gasteiger partial charge < -0.3 is 9.84 Å². The van der Waals surface area contributed by atoms with Crippen molar-refractivity contribution in [1.29, 1.82) is 0 Å². The van der Waals surface area contributed by atoms with Crippen LogP contribution in [0.4, 0.5) is 0 Å². The van der Waals surface area contributed by atoms with Gasteiger partial charge in [0.25, 0.3) is 0 Å². The van der Waals surface area contributed by atoms with Crippen LogP contribution in [0.2, 0.25) is 0 Å². The van der Waals surface area contributed by atoms with E-state index in [-0.39, 0.29) is 5.54 Å². The van der Waals surface area contributed by atoms with Gasteiger partial charge in [-0.05, 0) is 33.3 Å². The van der Waals surface area contributed by atoms with Gasteiger partial charge in [-0.2, -0.15) is 5.10 Å². The van der Waals surface area contributed by atoms with Crippen molar-refractivity contribution in [2.45, 2.75) is 46.3 Å². The normalized spacial score (nSPS) is 12.0. The lowest BCUT2D eigenvalue weighted by molar-refractivity contribution is 0.357. The fourth-order valence-corrected chi connectivity index (χ4v) is 1.58. The molecule has 0 fully saturated rings. The molecule has 0 radical (unpaired) electrons. The summed E-state index contributed by atoms with van der Waals surface area (Å²) >= 11 is 0. The van der Waals surface area contributed by atoms with Crippen molar-refractivity contribution >= 4 is 0 Å². The minimum atomic E-state index is 0.0816. The van der Waals surface area contributed by atoms with Crippen LogP contribution in [-0.4, -0.2) is 20.5 Å². The average molecular weight is 248 g/mol. The van der Waals surface area contributed by atoms with Crippen molar-refractivity contribution in [3.8, 4) is 0 Å². The molecule has 2 aromatic rings. The minimum Gasteiger partial charge on any atom is -0.359 e. The van der Waals surface area contributed by atoms with E-state index in [2.05, 4.69) is 36.3 Å². The third-order valence-electron chi connectivity index (χ3n) is 2.49. The summed E-state index contributed by atoms with van der Waals surface area (Å²) in [5.74, 6) is 0.823. The Morgan fingerprint density at radius 3 is 2.78 bits per heavy atom. The quantitative estimate of drug-likeness (QED) is 0.900. The van der Waals surface area contributed by atoms with Crippen LogP contribution in [0, 0.1) is 6.92 Å². The summed E-state index contributed by atoms with van der Waals surface area (Å²) in [5.41, 5.74) is 2.14. The second-order valence-electron chi connectivity index (χ2n) is 5.60. The molecule has 2 heterocycles. The summed E-state index contributed by atoms with van der Waals surface area (Å²) in [5, 5.41) is 11.6. The highest BCUT2D eigenvalue weighted by Crippen LogP contribution is 2.08. The first-order valence-corrected chi connectivity index (χ1v) is 6.11. The van der Waals surface area contributed by atoms with Crippen molar-refractivity contribution in [1.82, 2.24) is 20.3 Å². The van der Waals surface area contributed by atoms with Crippen molar-refractivity contribution in [2.24, 2.45) is 0 Å². The minimum absolute atomic E-state index is 0.0816. The van der Waals surface area contributed by atoms with Crippen LogP contribution in [0.3, 0.4) is 0 Å². The van der Waals surface area contributed by atoms with E-state index in [4.69, 9.17) is 4.52 Å². The van der Waals surface area contributed by atoms with E-state index >= 15 is 0 Å². The summed E-state index contributed by atoms with van der Waals surface area (Å²) in [4.78, 5) is 0. The summed E-state index contributed by atoms with van der Waals surface area (Å²) in [6.07, 6.45) is 3.81. The predicted molar refractivity (Wildman–Crippen MR) is 69.2 cm³/mol. The Hall–Kier alpha value is -1.62. The monoisotopic (exact) mass is 248 g/mol. The van der Waals surface area contributed by atoms with Crippen LogP contribution < -0.4 is 5.32 Å². The largest absolute Gasteiger partial charge is 0.359 e. The molecule has 5 nitrogen and oxygen atoms in total. The van der Waals surface area contributed by atoms with Crippen LogP contribution in [0.1, 0.15) is 37.8 Å². The number of rotatable bonds is 4. The molecule has 2 rings (SSSR count). The fourth-order valence-electron chi connectivity index (χ4n) is 1.58. The van der Waals surface area contributed by atoms with Gasteiger partial charge in [-0.25, -0.2) is 0 Å². The van der Waals surface area contributed by atoms with Crippen LogP contribution in [0.15, 0.2) is 23.0 Å². The first kappa shape index (κ1) is 12.8. The van der Waals surface area contributed by atoms with Crippen LogP contribution in [0.5, 0.6) is 0 Å². The Morgan fingerprint density at radius 2 is 2.17 bits per heavy atom. The predicted octanol–water partition coefficient (Wildman–Crippen LogP) is 2.12. The number of hydrogen-bond donors (Lipinski definition) is 1. The third kappa shape index (κ3) is 3.70. The van der Waals surface area contributed by atoms with E-state index in [1.165, 1.54) is 0 Å². The summed E-state index contributed by atoms with van der Waals surface area (Å²) < 4.78 is 7.14. The molecule has 5 heteroatoms. The number of aromatic nitrogens is 3. The molecule has 0 saturated carbocycles.